The molecule has 1 saturated heterocycles. The Labute approximate surface area is 149 Å². The van der Waals surface area contributed by atoms with Crippen molar-refractivity contribution < 1.29 is 14.0 Å². The third-order valence-corrected chi connectivity index (χ3v) is 5.41. The number of amides is 2. The van der Waals surface area contributed by atoms with Crippen molar-refractivity contribution in [1.29, 1.82) is 0 Å². The van der Waals surface area contributed by atoms with Crippen LogP contribution in [0.1, 0.15) is 44.1 Å². The van der Waals surface area contributed by atoms with E-state index >= 15 is 0 Å². The van der Waals surface area contributed by atoms with Crippen molar-refractivity contribution in [2.45, 2.75) is 44.9 Å². The van der Waals surface area contributed by atoms with Gasteiger partial charge < -0.3 is 9.80 Å². The molecule has 5 heteroatoms. The average Bonchev–Trinajstić information content (AvgIpc) is 2.90. The molecule has 2 aliphatic rings. The Morgan fingerprint density at radius 1 is 0.920 bits per heavy atom. The van der Waals surface area contributed by atoms with E-state index < -0.39 is 0 Å². The van der Waals surface area contributed by atoms with Crippen LogP contribution in [0.15, 0.2) is 24.3 Å². The summed E-state index contributed by atoms with van der Waals surface area (Å²) in [5.74, 6) is 0.0503. The fourth-order valence-corrected chi connectivity index (χ4v) is 3.91. The first-order valence-corrected chi connectivity index (χ1v) is 9.45. The molecular weight excluding hydrogens is 319 g/mol. The van der Waals surface area contributed by atoms with E-state index in [9.17, 15) is 14.0 Å². The molecule has 0 radical (unpaired) electrons. The van der Waals surface area contributed by atoms with E-state index in [0.717, 1.165) is 38.6 Å². The second-order valence-electron chi connectivity index (χ2n) is 7.16. The van der Waals surface area contributed by atoms with E-state index in [2.05, 4.69) is 0 Å². The van der Waals surface area contributed by atoms with Crippen LogP contribution in [0.5, 0.6) is 0 Å². The zero-order valence-corrected chi connectivity index (χ0v) is 14.8. The molecule has 0 unspecified atom stereocenters. The Hall–Kier alpha value is -1.91. The van der Waals surface area contributed by atoms with Gasteiger partial charge in [-0.1, -0.05) is 37.5 Å². The first-order valence-electron chi connectivity index (χ1n) is 9.45. The molecule has 2 fully saturated rings. The molecule has 0 N–H and O–H groups in total. The van der Waals surface area contributed by atoms with E-state index in [0.29, 0.717) is 25.2 Å². The Balaban J connectivity index is 1.55. The Morgan fingerprint density at radius 3 is 2.36 bits per heavy atom. The summed E-state index contributed by atoms with van der Waals surface area (Å²) in [4.78, 5) is 28.9. The van der Waals surface area contributed by atoms with E-state index in [1.54, 1.807) is 23.1 Å². The van der Waals surface area contributed by atoms with Crippen molar-refractivity contribution in [2.24, 2.45) is 5.92 Å². The highest BCUT2D eigenvalue weighted by molar-refractivity contribution is 5.80. The summed E-state index contributed by atoms with van der Waals surface area (Å²) in [7, 11) is 0. The van der Waals surface area contributed by atoms with Crippen LogP contribution in [0.2, 0.25) is 0 Å². The standard InChI is InChI=1S/C20H27FN2O2/c21-18-10-5-4-9-17(18)15-19(24)22-11-6-12-23(14-13-22)20(25)16-7-2-1-3-8-16/h4-5,9-10,16H,1-3,6-8,11-15H2. The lowest BCUT2D eigenvalue weighted by atomic mass is 9.88. The molecular formula is C20H27FN2O2. The van der Waals surface area contributed by atoms with Gasteiger partial charge in [-0.3, -0.25) is 9.59 Å². The highest BCUT2D eigenvalue weighted by Crippen LogP contribution is 2.26. The van der Waals surface area contributed by atoms with Gasteiger partial charge in [-0.2, -0.15) is 0 Å². The van der Waals surface area contributed by atoms with Crippen molar-refractivity contribution >= 4 is 11.8 Å². The topological polar surface area (TPSA) is 40.6 Å². The highest BCUT2D eigenvalue weighted by atomic mass is 19.1. The Bertz CT molecular complexity index is 613. The minimum atomic E-state index is -0.334. The molecule has 0 atom stereocenters. The van der Waals surface area contributed by atoms with Crippen molar-refractivity contribution in [2.75, 3.05) is 26.2 Å². The van der Waals surface area contributed by atoms with Gasteiger partial charge in [0.15, 0.2) is 0 Å². The molecule has 0 spiro atoms. The van der Waals surface area contributed by atoms with E-state index in [4.69, 9.17) is 0 Å². The summed E-state index contributed by atoms with van der Waals surface area (Å²) >= 11 is 0. The lowest BCUT2D eigenvalue weighted by molar-refractivity contribution is -0.137. The number of rotatable bonds is 3. The highest BCUT2D eigenvalue weighted by Gasteiger charge is 2.28. The monoisotopic (exact) mass is 346 g/mol. The van der Waals surface area contributed by atoms with Crippen LogP contribution in [0.25, 0.3) is 0 Å². The number of halogens is 1. The fraction of sp³-hybridized carbons (Fsp3) is 0.600. The average molecular weight is 346 g/mol. The minimum Gasteiger partial charge on any atom is -0.341 e. The summed E-state index contributed by atoms with van der Waals surface area (Å²) in [6.07, 6.45) is 6.43. The lowest BCUT2D eigenvalue weighted by Gasteiger charge is -2.28. The second kappa shape index (κ2) is 8.45. The number of benzene rings is 1. The van der Waals surface area contributed by atoms with Crippen molar-refractivity contribution in [1.82, 2.24) is 9.80 Å². The molecule has 2 amide bonds. The first-order chi connectivity index (χ1) is 12.1. The van der Waals surface area contributed by atoms with Gasteiger partial charge in [0.1, 0.15) is 5.82 Å². The van der Waals surface area contributed by atoms with Crippen molar-refractivity contribution in [3.63, 3.8) is 0 Å². The minimum absolute atomic E-state index is 0.0583. The summed E-state index contributed by atoms with van der Waals surface area (Å²) in [6.45, 7) is 2.50. The molecule has 3 rings (SSSR count). The summed E-state index contributed by atoms with van der Waals surface area (Å²) in [5, 5.41) is 0. The predicted molar refractivity (Wildman–Crippen MR) is 94.5 cm³/mol. The number of hydrogen-bond acceptors (Lipinski definition) is 2. The van der Waals surface area contributed by atoms with Gasteiger partial charge in [0.2, 0.25) is 11.8 Å². The summed E-state index contributed by atoms with van der Waals surface area (Å²) < 4.78 is 13.7. The van der Waals surface area contributed by atoms with Crippen LogP contribution >= 0.6 is 0 Å². The van der Waals surface area contributed by atoms with Crippen LogP contribution in [-0.4, -0.2) is 47.8 Å². The smallest absolute Gasteiger partial charge is 0.227 e. The summed E-state index contributed by atoms with van der Waals surface area (Å²) in [6, 6.07) is 6.42. The largest absolute Gasteiger partial charge is 0.341 e. The first kappa shape index (κ1) is 17.9. The van der Waals surface area contributed by atoms with Crippen LogP contribution < -0.4 is 0 Å². The number of carbonyl (C=O) groups is 2. The number of carbonyl (C=O) groups excluding carboxylic acids is 2. The molecule has 25 heavy (non-hydrogen) atoms. The molecule has 1 aliphatic heterocycles. The van der Waals surface area contributed by atoms with E-state index in [1.165, 1.54) is 12.5 Å². The van der Waals surface area contributed by atoms with Crippen LogP contribution in [-0.2, 0) is 16.0 Å². The van der Waals surface area contributed by atoms with Gasteiger partial charge in [0, 0.05) is 32.1 Å². The van der Waals surface area contributed by atoms with Gasteiger partial charge >= 0.3 is 0 Å². The van der Waals surface area contributed by atoms with Crippen molar-refractivity contribution in [3.05, 3.63) is 35.6 Å². The molecule has 1 saturated carbocycles. The zero-order valence-electron chi connectivity index (χ0n) is 14.8. The van der Waals surface area contributed by atoms with E-state index in [1.807, 2.05) is 4.90 Å². The fourth-order valence-electron chi connectivity index (χ4n) is 3.91. The number of nitrogens with zero attached hydrogens (tertiary/aromatic N) is 2. The molecule has 4 nitrogen and oxygen atoms in total. The van der Waals surface area contributed by atoms with E-state index in [-0.39, 0.29) is 30.0 Å². The maximum atomic E-state index is 13.7. The second-order valence-corrected chi connectivity index (χ2v) is 7.16. The van der Waals surface area contributed by atoms with Crippen LogP contribution in [0, 0.1) is 11.7 Å². The van der Waals surface area contributed by atoms with Crippen LogP contribution in [0.4, 0.5) is 4.39 Å². The zero-order chi connectivity index (χ0) is 17.6. The SMILES string of the molecule is O=C(Cc1ccccc1F)N1CCCN(C(=O)C2CCCCC2)CC1. The maximum absolute atomic E-state index is 13.7. The predicted octanol–water partition coefficient (Wildman–Crippen LogP) is 3.01. The molecule has 1 aromatic carbocycles. The lowest BCUT2D eigenvalue weighted by Crippen LogP contribution is -2.40. The van der Waals surface area contributed by atoms with Gasteiger partial charge in [0.25, 0.3) is 0 Å². The Morgan fingerprint density at radius 2 is 1.60 bits per heavy atom. The third kappa shape index (κ3) is 4.59. The normalized spacial score (nSPS) is 19.6. The van der Waals surface area contributed by atoms with Gasteiger partial charge in [-0.25, -0.2) is 4.39 Å². The Kier molecular flexibility index (Phi) is 6.05. The molecule has 1 aliphatic carbocycles. The number of hydrogen-bond donors (Lipinski definition) is 0. The molecule has 0 bridgehead atoms. The van der Waals surface area contributed by atoms with Crippen LogP contribution in [0.3, 0.4) is 0 Å². The molecule has 136 valence electrons. The summed E-state index contributed by atoms with van der Waals surface area (Å²) in [5.41, 5.74) is 0.437. The quantitative estimate of drug-likeness (QED) is 0.844. The van der Waals surface area contributed by atoms with Gasteiger partial charge in [0.05, 0.1) is 6.42 Å². The maximum Gasteiger partial charge on any atom is 0.227 e. The molecule has 1 aromatic rings. The van der Waals surface area contributed by atoms with Gasteiger partial charge in [-0.15, -0.1) is 0 Å². The molecule has 1 heterocycles. The molecule has 0 aromatic heterocycles. The van der Waals surface area contributed by atoms with Crippen molar-refractivity contribution in [3.8, 4) is 0 Å². The third-order valence-electron chi connectivity index (χ3n) is 5.41. The van der Waals surface area contributed by atoms with Gasteiger partial charge in [-0.05, 0) is 30.9 Å².